The summed E-state index contributed by atoms with van der Waals surface area (Å²) < 4.78 is 5.32. The van der Waals surface area contributed by atoms with Gasteiger partial charge in [0.05, 0.1) is 5.02 Å². The van der Waals surface area contributed by atoms with Gasteiger partial charge in [-0.1, -0.05) is 35.0 Å². The molecule has 134 valence electrons. The quantitative estimate of drug-likeness (QED) is 0.761. The SMILES string of the molecule is Cc1onc(-c2ccccc2Cl)c1C(=O)N1CCC(c2ncn[nH]2)CC1. The molecule has 1 saturated heterocycles. The molecule has 0 atom stereocenters. The van der Waals surface area contributed by atoms with Gasteiger partial charge in [0, 0.05) is 24.6 Å². The lowest BCUT2D eigenvalue weighted by molar-refractivity contribution is 0.0710. The number of hydrogen-bond acceptors (Lipinski definition) is 5. The van der Waals surface area contributed by atoms with E-state index in [2.05, 4.69) is 20.3 Å². The van der Waals surface area contributed by atoms with Crippen LogP contribution in [0, 0.1) is 6.92 Å². The Morgan fingerprint density at radius 3 is 2.77 bits per heavy atom. The van der Waals surface area contributed by atoms with Crippen LogP contribution in [0.3, 0.4) is 0 Å². The number of carbonyl (C=O) groups is 1. The topological polar surface area (TPSA) is 87.9 Å². The number of hydrogen-bond donors (Lipinski definition) is 1. The summed E-state index contributed by atoms with van der Waals surface area (Å²) in [4.78, 5) is 19.2. The van der Waals surface area contributed by atoms with E-state index < -0.39 is 0 Å². The van der Waals surface area contributed by atoms with Crippen LogP contribution in [-0.2, 0) is 0 Å². The van der Waals surface area contributed by atoms with E-state index in [0.29, 0.717) is 46.6 Å². The second kappa shape index (κ2) is 6.92. The van der Waals surface area contributed by atoms with Crippen molar-refractivity contribution in [1.82, 2.24) is 25.2 Å². The highest BCUT2D eigenvalue weighted by Crippen LogP contribution is 2.33. The van der Waals surface area contributed by atoms with E-state index in [-0.39, 0.29) is 5.91 Å². The third-order valence-electron chi connectivity index (χ3n) is 4.81. The number of rotatable bonds is 3. The first kappa shape index (κ1) is 16.8. The fourth-order valence-electron chi connectivity index (χ4n) is 3.39. The van der Waals surface area contributed by atoms with Gasteiger partial charge in [0.15, 0.2) is 0 Å². The van der Waals surface area contributed by atoms with Crippen molar-refractivity contribution in [3.05, 3.63) is 52.8 Å². The van der Waals surface area contributed by atoms with Crippen LogP contribution in [0.5, 0.6) is 0 Å². The summed E-state index contributed by atoms with van der Waals surface area (Å²) in [6.45, 7) is 3.05. The predicted molar refractivity (Wildman–Crippen MR) is 95.9 cm³/mol. The number of likely N-dealkylation sites (tertiary alicyclic amines) is 1. The van der Waals surface area contributed by atoms with E-state index in [0.717, 1.165) is 18.7 Å². The number of aromatic amines is 1. The number of halogens is 1. The lowest BCUT2D eigenvalue weighted by Crippen LogP contribution is -2.38. The Morgan fingerprint density at radius 2 is 2.08 bits per heavy atom. The van der Waals surface area contributed by atoms with Crippen molar-refractivity contribution in [2.24, 2.45) is 0 Å². The zero-order valence-corrected chi connectivity index (χ0v) is 15.0. The Hall–Kier alpha value is -2.67. The lowest BCUT2D eigenvalue weighted by Gasteiger charge is -2.31. The van der Waals surface area contributed by atoms with Crippen LogP contribution in [-0.4, -0.2) is 44.2 Å². The van der Waals surface area contributed by atoms with Crippen molar-refractivity contribution in [1.29, 1.82) is 0 Å². The summed E-state index contributed by atoms with van der Waals surface area (Å²) in [6, 6.07) is 7.32. The molecule has 8 heteroatoms. The van der Waals surface area contributed by atoms with Crippen LogP contribution < -0.4 is 0 Å². The number of piperidine rings is 1. The van der Waals surface area contributed by atoms with Crippen molar-refractivity contribution in [2.45, 2.75) is 25.7 Å². The number of H-pyrrole nitrogens is 1. The number of aryl methyl sites for hydroxylation is 1. The zero-order valence-electron chi connectivity index (χ0n) is 14.3. The summed E-state index contributed by atoms with van der Waals surface area (Å²) in [7, 11) is 0. The van der Waals surface area contributed by atoms with Crippen LogP contribution in [0.25, 0.3) is 11.3 Å². The zero-order chi connectivity index (χ0) is 18.1. The van der Waals surface area contributed by atoms with Gasteiger partial charge in [-0.2, -0.15) is 5.10 Å². The van der Waals surface area contributed by atoms with Gasteiger partial charge in [-0.05, 0) is 25.8 Å². The molecule has 1 aliphatic rings. The largest absolute Gasteiger partial charge is 0.360 e. The number of nitrogens with zero attached hydrogens (tertiary/aromatic N) is 4. The van der Waals surface area contributed by atoms with E-state index in [4.69, 9.17) is 16.1 Å². The number of benzene rings is 1. The summed E-state index contributed by atoms with van der Waals surface area (Å²) >= 11 is 6.28. The summed E-state index contributed by atoms with van der Waals surface area (Å²) in [6.07, 6.45) is 3.20. The first-order chi connectivity index (χ1) is 12.6. The average molecular weight is 372 g/mol. The van der Waals surface area contributed by atoms with Crippen LogP contribution in [0.1, 0.15) is 40.7 Å². The van der Waals surface area contributed by atoms with Gasteiger partial charge in [-0.25, -0.2) is 4.98 Å². The second-order valence-electron chi connectivity index (χ2n) is 6.38. The number of aromatic nitrogens is 4. The van der Waals surface area contributed by atoms with Gasteiger partial charge in [-0.3, -0.25) is 9.89 Å². The third kappa shape index (κ3) is 2.99. The van der Waals surface area contributed by atoms with Gasteiger partial charge in [-0.15, -0.1) is 0 Å². The fourth-order valence-corrected chi connectivity index (χ4v) is 3.61. The van der Waals surface area contributed by atoms with Crippen molar-refractivity contribution in [2.75, 3.05) is 13.1 Å². The average Bonchev–Trinajstić information content (AvgIpc) is 3.32. The van der Waals surface area contributed by atoms with Gasteiger partial charge in [0.2, 0.25) is 0 Å². The predicted octanol–water partition coefficient (Wildman–Crippen LogP) is 3.44. The maximum Gasteiger partial charge on any atom is 0.259 e. The second-order valence-corrected chi connectivity index (χ2v) is 6.79. The Kier molecular flexibility index (Phi) is 4.46. The minimum absolute atomic E-state index is 0.0744. The van der Waals surface area contributed by atoms with E-state index >= 15 is 0 Å². The maximum absolute atomic E-state index is 13.1. The van der Waals surface area contributed by atoms with Crippen molar-refractivity contribution in [3.8, 4) is 11.3 Å². The molecule has 26 heavy (non-hydrogen) atoms. The molecule has 1 amide bonds. The van der Waals surface area contributed by atoms with Crippen LogP contribution >= 0.6 is 11.6 Å². The van der Waals surface area contributed by atoms with Gasteiger partial charge in [0.1, 0.15) is 29.2 Å². The standard InChI is InChI=1S/C18H18ClN5O2/c1-11-15(16(23-26-11)13-4-2-3-5-14(13)19)18(25)24-8-6-12(7-9-24)17-20-10-21-22-17/h2-5,10,12H,6-9H2,1H3,(H,20,21,22). The van der Waals surface area contributed by atoms with E-state index in [9.17, 15) is 4.79 Å². The van der Waals surface area contributed by atoms with Gasteiger partial charge >= 0.3 is 0 Å². The first-order valence-corrected chi connectivity index (χ1v) is 8.88. The molecule has 4 rings (SSSR count). The molecule has 2 aromatic heterocycles. The van der Waals surface area contributed by atoms with Crippen LogP contribution in [0.15, 0.2) is 35.1 Å². The molecule has 3 heterocycles. The normalized spacial score (nSPS) is 15.4. The molecule has 0 spiro atoms. The number of carbonyl (C=O) groups excluding carboxylic acids is 1. The molecule has 3 aromatic rings. The molecule has 0 unspecified atom stereocenters. The van der Waals surface area contributed by atoms with E-state index in [1.165, 1.54) is 6.33 Å². The Morgan fingerprint density at radius 1 is 1.31 bits per heavy atom. The minimum atomic E-state index is -0.0744. The smallest absolute Gasteiger partial charge is 0.259 e. The molecule has 0 saturated carbocycles. The summed E-state index contributed by atoms with van der Waals surface area (Å²) in [5.74, 6) is 1.61. The molecular formula is C18H18ClN5O2. The number of nitrogens with one attached hydrogen (secondary N) is 1. The highest BCUT2D eigenvalue weighted by Gasteiger charge is 2.30. The fraction of sp³-hybridized carbons (Fsp3) is 0.333. The monoisotopic (exact) mass is 371 g/mol. The summed E-state index contributed by atoms with van der Waals surface area (Å²) in [5.41, 5.74) is 1.68. The Bertz CT molecular complexity index is 914. The van der Waals surface area contributed by atoms with E-state index in [1.807, 2.05) is 23.1 Å². The Labute approximate surface area is 155 Å². The van der Waals surface area contributed by atoms with Crippen molar-refractivity contribution >= 4 is 17.5 Å². The molecule has 0 aliphatic carbocycles. The highest BCUT2D eigenvalue weighted by molar-refractivity contribution is 6.33. The molecule has 0 bridgehead atoms. The Balaban J connectivity index is 1.56. The first-order valence-electron chi connectivity index (χ1n) is 8.51. The molecule has 7 nitrogen and oxygen atoms in total. The summed E-state index contributed by atoms with van der Waals surface area (Å²) in [5, 5.41) is 11.5. The minimum Gasteiger partial charge on any atom is -0.360 e. The molecule has 1 N–H and O–H groups in total. The molecule has 1 aromatic carbocycles. The highest BCUT2D eigenvalue weighted by atomic mass is 35.5. The van der Waals surface area contributed by atoms with E-state index in [1.54, 1.807) is 13.0 Å². The van der Waals surface area contributed by atoms with Crippen LogP contribution in [0.2, 0.25) is 5.02 Å². The third-order valence-corrected chi connectivity index (χ3v) is 5.14. The van der Waals surface area contributed by atoms with Crippen LogP contribution in [0.4, 0.5) is 0 Å². The molecule has 0 radical (unpaired) electrons. The number of amides is 1. The van der Waals surface area contributed by atoms with Gasteiger partial charge in [0.25, 0.3) is 5.91 Å². The lowest BCUT2D eigenvalue weighted by atomic mass is 9.95. The van der Waals surface area contributed by atoms with Crippen molar-refractivity contribution in [3.63, 3.8) is 0 Å². The molecule has 1 aliphatic heterocycles. The van der Waals surface area contributed by atoms with Crippen molar-refractivity contribution < 1.29 is 9.32 Å². The maximum atomic E-state index is 13.1. The van der Waals surface area contributed by atoms with Gasteiger partial charge < -0.3 is 9.42 Å². The molecule has 1 fully saturated rings. The molecular weight excluding hydrogens is 354 g/mol.